The minimum atomic E-state index is 0.409. The Bertz CT molecular complexity index is 475. The van der Waals surface area contributed by atoms with E-state index in [4.69, 9.17) is 17.4 Å². The van der Waals surface area contributed by atoms with Crippen LogP contribution in [0.5, 0.6) is 0 Å². The van der Waals surface area contributed by atoms with Crippen molar-refractivity contribution in [3.8, 4) is 0 Å². The van der Waals surface area contributed by atoms with Crippen LogP contribution in [0.4, 0.5) is 0 Å². The summed E-state index contributed by atoms with van der Waals surface area (Å²) in [5.74, 6) is 8.91. The molecule has 1 atom stereocenters. The number of rotatable bonds is 4. The normalized spacial score (nSPS) is 38.7. The van der Waals surface area contributed by atoms with Gasteiger partial charge in [0, 0.05) is 11.1 Å². The average molecular weight is 305 g/mol. The first-order chi connectivity index (χ1) is 10.2. The third-order valence-corrected chi connectivity index (χ3v) is 6.63. The Hall–Kier alpha value is -0.570. The van der Waals surface area contributed by atoms with E-state index in [0.717, 1.165) is 29.2 Å². The lowest BCUT2D eigenvalue weighted by Crippen LogP contribution is -2.58. The Morgan fingerprint density at radius 2 is 1.57 bits per heavy atom. The molecule has 4 aliphatic carbocycles. The minimum Gasteiger partial charge on any atom is -0.271 e. The molecule has 0 saturated heterocycles. The van der Waals surface area contributed by atoms with Gasteiger partial charge in [0.1, 0.15) is 0 Å². The van der Waals surface area contributed by atoms with Crippen molar-refractivity contribution >= 4 is 11.6 Å². The first-order valence-corrected chi connectivity index (χ1v) is 8.75. The van der Waals surface area contributed by atoms with E-state index in [1.807, 2.05) is 12.1 Å². The minimum absolute atomic E-state index is 0.409. The Balaban J connectivity index is 1.56. The van der Waals surface area contributed by atoms with Gasteiger partial charge in [0.25, 0.3) is 0 Å². The van der Waals surface area contributed by atoms with Crippen LogP contribution in [0.2, 0.25) is 5.02 Å². The van der Waals surface area contributed by atoms with Crippen LogP contribution in [0.1, 0.15) is 44.1 Å². The van der Waals surface area contributed by atoms with Gasteiger partial charge in [0.05, 0.1) is 0 Å². The molecule has 3 N–H and O–H groups in total. The molecule has 0 amide bonds. The van der Waals surface area contributed by atoms with E-state index in [1.165, 1.54) is 44.1 Å². The zero-order valence-corrected chi connectivity index (χ0v) is 13.3. The quantitative estimate of drug-likeness (QED) is 0.653. The summed E-state index contributed by atoms with van der Waals surface area (Å²) < 4.78 is 0. The molecule has 0 heterocycles. The maximum Gasteiger partial charge on any atom is 0.0406 e. The van der Waals surface area contributed by atoms with E-state index in [-0.39, 0.29) is 0 Å². The summed E-state index contributed by atoms with van der Waals surface area (Å²) in [5, 5.41) is 0.811. The lowest BCUT2D eigenvalue weighted by Gasteiger charge is -2.59. The number of halogens is 1. The molecular formula is C18H25ClN2. The topological polar surface area (TPSA) is 38.0 Å². The molecule has 3 heteroatoms. The fourth-order valence-corrected chi connectivity index (χ4v) is 6.04. The van der Waals surface area contributed by atoms with Gasteiger partial charge in [-0.25, -0.2) is 0 Å². The zero-order valence-electron chi connectivity index (χ0n) is 12.5. The van der Waals surface area contributed by atoms with Crippen LogP contribution in [0.3, 0.4) is 0 Å². The second-order valence-corrected chi connectivity index (χ2v) is 8.27. The lowest BCUT2D eigenvalue weighted by molar-refractivity contribution is -0.0737. The van der Waals surface area contributed by atoms with E-state index in [0.29, 0.717) is 11.5 Å². The Kier molecular flexibility index (Phi) is 3.52. The lowest BCUT2D eigenvalue weighted by atomic mass is 9.47. The van der Waals surface area contributed by atoms with Crippen LogP contribution < -0.4 is 11.3 Å². The van der Waals surface area contributed by atoms with Crippen molar-refractivity contribution in [1.82, 2.24) is 5.43 Å². The summed E-state index contributed by atoms with van der Waals surface area (Å²) in [6.07, 6.45) is 9.65. The predicted octanol–water partition coefficient (Wildman–Crippen LogP) is 3.93. The zero-order chi connectivity index (χ0) is 14.4. The van der Waals surface area contributed by atoms with Crippen molar-refractivity contribution in [2.45, 2.75) is 51.0 Å². The monoisotopic (exact) mass is 304 g/mol. The van der Waals surface area contributed by atoms with Gasteiger partial charge in [-0.1, -0.05) is 23.7 Å². The molecule has 2 nitrogen and oxygen atoms in total. The van der Waals surface area contributed by atoms with Crippen LogP contribution in [0.15, 0.2) is 24.3 Å². The van der Waals surface area contributed by atoms with E-state index in [1.54, 1.807) is 0 Å². The van der Waals surface area contributed by atoms with E-state index < -0.39 is 0 Å². The first-order valence-electron chi connectivity index (χ1n) is 8.37. The third kappa shape index (κ3) is 2.52. The maximum absolute atomic E-state index is 6.00. The number of benzene rings is 1. The Morgan fingerprint density at radius 3 is 2.05 bits per heavy atom. The third-order valence-electron chi connectivity index (χ3n) is 6.38. The molecule has 1 unspecified atom stereocenters. The summed E-state index contributed by atoms with van der Waals surface area (Å²) in [4.78, 5) is 0. The van der Waals surface area contributed by atoms with Crippen molar-refractivity contribution in [2.24, 2.45) is 29.0 Å². The number of hydrogen-bond donors (Lipinski definition) is 2. The summed E-state index contributed by atoms with van der Waals surface area (Å²) in [5.41, 5.74) is 4.98. The Labute approximate surface area is 132 Å². The highest BCUT2D eigenvalue weighted by molar-refractivity contribution is 6.30. The SMILES string of the molecule is NNC(Cc1ccc(Cl)cc1)C12CC3CC(CC(C3)C1)C2. The van der Waals surface area contributed by atoms with Crippen LogP contribution in [0.25, 0.3) is 0 Å². The largest absolute Gasteiger partial charge is 0.271 e. The molecule has 4 saturated carbocycles. The predicted molar refractivity (Wildman–Crippen MR) is 86.9 cm³/mol. The van der Waals surface area contributed by atoms with Gasteiger partial charge in [0.2, 0.25) is 0 Å². The van der Waals surface area contributed by atoms with Crippen molar-refractivity contribution < 1.29 is 0 Å². The molecule has 0 aliphatic heterocycles. The average Bonchev–Trinajstić information content (AvgIpc) is 2.45. The summed E-state index contributed by atoms with van der Waals surface area (Å²) in [6.45, 7) is 0. The smallest absolute Gasteiger partial charge is 0.0406 e. The molecule has 21 heavy (non-hydrogen) atoms. The van der Waals surface area contributed by atoms with E-state index in [9.17, 15) is 0 Å². The molecule has 0 aromatic heterocycles. The molecule has 5 rings (SSSR count). The van der Waals surface area contributed by atoms with Crippen molar-refractivity contribution in [3.63, 3.8) is 0 Å². The Morgan fingerprint density at radius 1 is 1.05 bits per heavy atom. The standard InChI is InChI=1S/C18H25ClN2/c19-16-3-1-12(2-4-16)8-17(21-20)18-9-13-5-14(10-18)7-15(6-13)11-18/h1-4,13-15,17,21H,5-11,20H2. The summed E-state index contributed by atoms with van der Waals surface area (Å²) >= 11 is 6.00. The fourth-order valence-electron chi connectivity index (χ4n) is 5.91. The first kappa shape index (κ1) is 14.0. The highest BCUT2D eigenvalue weighted by atomic mass is 35.5. The van der Waals surface area contributed by atoms with Crippen LogP contribution in [0, 0.1) is 23.2 Å². The molecule has 0 spiro atoms. The number of hydrogen-bond acceptors (Lipinski definition) is 2. The van der Waals surface area contributed by atoms with Crippen LogP contribution >= 0.6 is 11.6 Å². The van der Waals surface area contributed by atoms with E-state index >= 15 is 0 Å². The number of nitrogens with one attached hydrogen (secondary N) is 1. The fraction of sp³-hybridized carbons (Fsp3) is 0.667. The van der Waals surface area contributed by atoms with Crippen molar-refractivity contribution in [1.29, 1.82) is 0 Å². The van der Waals surface area contributed by atoms with Gasteiger partial charge in [-0.3, -0.25) is 11.3 Å². The van der Waals surface area contributed by atoms with Gasteiger partial charge < -0.3 is 0 Å². The summed E-state index contributed by atoms with van der Waals surface area (Å²) in [6, 6.07) is 8.68. The van der Waals surface area contributed by atoms with E-state index in [2.05, 4.69) is 17.6 Å². The molecule has 4 aliphatic rings. The van der Waals surface area contributed by atoms with Crippen molar-refractivity contribution in [2.75, 3.05) is 0 Å². The number of nitrogens with two attached hydrogens (primary N) is 1. The molecule has 4 bridgehead atoms. The molecule has 1 aromatic carbocycles. The number of hydrazine groups is 1. The molecule has 0 radical (unpaired) electrons. The van der Waals surface area contributed by atoms with Gasteiger partial charge in [0.15, 0.2) is 0 Å². The van der Waals surface area contributed by atoms with Crippen LogP contribution in [-0.4, -0.2) is 6.04 Å². The molecular weight excluding hydrogens is 280 g/mol. The molecule has 1 aromatic rings. The second kappa shape index (κ2) is 5.26. The highest BCUT2D eigenvalue weighted by Crippen LogP contribution is 2.61. The molecule has 4 fully saturated rings. The van der Waals surface area contributed by atoms with Gasteiger partial charge >= 0.3 is 0 Å². The molecule has 114 valence electrons. The van der Waals surface area contributed by atoms with Gasteiger partial charge in [-0.15, -0.1) is 0 Å². The highest BCUT2D eigenvalue weighted by Gasteiger charge is 2.53. The second-order valence-electron chi connectivity index (χ2n) is 7.83. The maximum atomic E-state index is 6.00. The van der Waals surface area contributed by atoms with Crippen LogP contribution in [-0.2, 0) is 6.42 Å². The van der Waals surface area contributed by atoms with Gasteiger partial charge in [-0.2, -0.15) is 0 Å². The van der Waals surface area contributed by atoms with Gasteiger partial charge in [-0.05, 0) is 85.8 Å². The summed E-state index contributed by atoms with van der Waals surface area (Å²) in [7, 11) is 0. The van der Waals surface area contributed by atoms with Crippen molar-refractivity contribution in [3.05, 3.63) is 34.9 Å².